The van der Waals surface area contributed by atoms with Crippen LogP contribution in [0.25, 0.3) is 33.6 Å². The summed E-state index contributed by atoms with van der Waals surface area (Å²) >= 11 is 0. The Labute approximate surface area is 280 Å². The Hall–Kier alpha value is -4.80. The summed E-state index contributed by atoms with van der Waals surface area (Å²) < 4.78 is 35.3. The largest absolute Gasteiger partial charge is 0.494 e. The predicted molar refractivity (Wildman–Crippen MR) is 183 cm³/mol. The molecule has 0 fully saturated rings. The minimum Gasteiger partial charge on any atom is -0.494 e. The number of hydrogen-bond donors (Lipinski definition) is 0. The van der Waals surface area contributed by atoms with E-state index < -0.39 is 17.8 Å². The highest BCUT2D eigenvalue weighted by atomic mass is 19.1. The molecule has 0 aliphatic carbocycles. The number of methoxy groups -OCH3 is 1. The SMILES string of the molecule is CCCCOC(=O)c1c(F)ccnc1CCCCCn1c(-c2nc3cc(C(=O)OC(C)C)cc(OC)c3n2C)cc2ccc(CC)nc21. The molecule has 0 radical (unpaired) electrons. The van der Waals surface area contributed by atoms with Crippen molar-refractivity contribution in [3.05, 3.63) is 70.9 Å². The maximum atomic E-state index is 14.7. The molecule has 5 aromatic rings. The van der Waals surface area contributed by atoms with Crippen LogP contribution in [-0.4, -0.2) is 55.8 Å². The average molecular weight is 658 g/mol. The van der Waals surface area contributed by atoms with Crippen LogP contribution in [0.1, 0.15) is 91.9 Å². The van der Waals surface area contributed by atoms with E-state index in [1.54, 1.807) is 19.2 Å². The van der Waals surface area contributed by atoms with E-state index in [2.05, 4.69) is 28.6 Å². The normalized spacial score (nSPS) is 11.5. The standard InChI is InChI=1S/C37H44FN5O5/c1-7-9-19-47-37(45)32-27(38)16-17-39-28(32)13-11-10-12-18-43-30(21-24-14-15-26(8-2)40-34(24)43)35-41-29-20-25(36(44)48-23(3)4)22-31(46-6)33(29)42(35)5/h14-17,20-23H,7-13,18-19H2,1-6H3. The van der Waals surface area contributed by atoms with Crippen LogP contribution in [0.2, 0.25) is 0 Å². The van der Waals surface area contributed by atoms with Crippen molar-refractivity contribution in [2.75, 3.05) is 13.7 Å². The van der Waals surface area contributed by atoms with Crippen LogP contribution < -0.4 is 4.74 Å². The van der Waals surface area contributed by atoms with E-state index in [0.717, 1.165) is 60.0 Å². The molecule has 11 heteroatoms. The zero-order chi connectivity index (χ0) is 34.4. The lowest BCUT2D eigenvalue weighted by Gasteiger charge is -2.12. The lowest BCUT2D eigenvalue weighted by Crippen LogP contribution is -2.13. The number of esters is 2. The van der Waals surface area contributed by atoms with Gasteiger partial charge < -0.3 is 23.3 Å². The van der Waals surface area contributed by atoms with Crippen LogP contribution in [0.4, 0.5) is 4.39 Å². The summed E-state index contributed by atoms with van der Waals surface area (Å²) in [6, 6.07) is 10.8. The third-order valence-corrected chi connectivity index (χ3v) is 8.33. The van der Waals surface area contributed by atoms with Crippen LogP contribution in [0, 0.1) is 5.82 Å². The predicted octanol–water partition coefficient (Wildman–Crippen LogP) is 7.63. The Bertz CT molecular complexity index is 1930. The van der Waals surface area contributed by atoms with Crippen molar-refractivity contribution in [3.8, 4) is 17.3 Å². The highest BCUT2D eigenvalue weighted by molar-refractivity contribution is 5.97. The van der Waals surface area contributed by atoms with Crippen molar-refractivity contribution >= 4 is 34.0 Å². The molecule has 10 nitrogen and oxygen atoms in total. The van der Waals surface area contributed by atoms with Gasteiger partial charge >= 0.3 is 11.9 Å². The Kier molecular flexibility index (Phi) is 11.1. The molecule has 0 aliphatic heterocycles. The number of carbonyl (C=O) groups excluding carboxylic acids is 2. The van der Waals surface area contributed by atoms with Crippen molar-refractivity contribution < 1.29 is 28.2 Å². The molecule has 0 amide bonds. The zero-order valence-corrected chi connectivity index (χ0v) is 28.6. The molecule has 0 N–H and O–H groups in total. The molecule has 48 heavy (non-hydrogen) atoms. The fourth-order valence-corrected chi connectivity index (χ4v) is 5.87. The molecule has 0 spiro atoms. The van der Waals surface area contributed by atoms with Crippen LogP contribution in [-0.2, 0) is 35.9 Å². The molecule has 0 unspecified atom stereocenters. The van der Waals surface area contributed by atoms with Gasteiger partial charge in [0.1, 0.15) is 28.3 Å². The van der Waals surface area contributed by atoms with Gasteiger partial charge in [-0.1, -0.05) is 26.7 Å². The first-order valence-electron chi connectivity index (χ1n) is 16.7. The van der Waals surface area contributed by atoms with Gasteiger partial charge in [0, 0.05) is 30.9 Å². The average Bonchev–Trinajstić information content (AvgIpc) is 3.60. The van der Waals surface area contributed by atoms with Gasteiger partial charge in [0.15, 0.2) is 5.82 Å². The second-order valence-corrected chi connectivity index (χ2v) is 12.2. The maximum Gasteiger partial charge on any atom is 0.343 e. The van der Waals surface area contributed by atoms with Gasteiger partial charge in [0.25, 0.3) is 0 Å². The first-order chi connectivity index (χ1) is 23.2. The highest BCUT2D eigenvalue weighted by Crippen LogP contribution is 2.34. The number of hydrogen-bond acceptors (Lipinski definition) is 8. The maximum absolute atomic E-state index is 14.7. The summed E-state index contributed by atoms with van der Waals surface area (Å²) in [5.74, 6) is -0.460. The van der Waals surface area contributed by atoms with Crippen LogP contribution >= 0.6 is 0 Å². The molecule has 4 heterocycles. The third-order valence-electron chi connectivity index (χ3n) is 8.33. The van der Waals surface area contributed by atoms with E-state index in [4.69, 9.17) is 24.2 Å². The van der Waals surface area contributed by atoms with Crippen LogP contribution in [0.3, 0.4) is 0 Å². The number of nitrogens with zero attached hydrogens (tertiary/aromatic N) is 5. The molecular formula is C37H44FN5O5. The van der Waals surface area contributed by atoms with Crippen molar-refractivity contribution in [3.63, 3.8) is 0 Å². The van der Waals surface area contributed by atoms with Crippen molar-refractivity contribution in [1.29, 1.82) is 0 Å². The van der Waals surface area contributed by atoms with Gasteiger partial charge in [0.05, 0.1) is 42.3 Å². The Morgan fingerprint density at radius 3 is 2.52 bits per heavy atom. The second-order valence-electron chi connectivity index (χ2n) is 12.2. The van der Waals surface area contributed by atoms with E-state index >= 15 is 0 Å². The molecule has 5 rings (SSSR count). The second kappa shape index (κ2) is 15.4. The number of pyridine rings is 2. The quantitative estimate of drug-likeness (QED) is 0.0835. The minimum absolute atomic E-state index is 0.0681. The molecule has 4 aromatic heterocycles. The van der Waals surface area contributed by atoms with Crippen molar-refractivity contribution in [2.45, 2.75) is 85.3 Å². The van der Waals surface area contributed by atoms with E-state index in [9.17, 15) is 14.0 Å². The Balaban J connectivity index is 1.41. The topological polar surface area (TPSA) is 110 Å². The zero-order valence-electron chi connectivity index (χ0n) is 28.6. The van der Waals surface area contributed by atoms with E-state index in [1.807, 2.05) is 38.5 Å². The molecule has 0 bridgehead atoms. The van der Waals surface area contributed by atoms with Gasteiger partial charge in [0.2, 0.25) is 0 Å². The molecule has 0 saturated carbocycles. The number of ether oxygens (including phenoxy) is 3. The number of aryl methyl sites for hydroxylation is 4. The lowest BCUT2D eigenvalue weighted by atomic mass is 10.1. The Morgan fingerprint density at radius 1 is 0.979 bits per heavy atom. The molecular weight excluding hydrogens is 613 g/mol. The monoisotopic (exact) mass is 657 g/mol. The highest BCUT2D eigenvalue weighted by Gasteiger charge is 2.23. The number of fused-ring (bicyclic) bond motifs is 2. The van der Waals surface area contributed by atoms with Crippen molar-refractivity contribution in [1.82, 2.24) is 24.1 Å². The van der Waals surface area contributed by atoms with Gasteiger partial charge in [-0.25, -0.2) is 23.9 Å². The molecule has 0 atom stereocenters. The van der Waals surface area contributed by atoms with E-state index in [-0.39, 0.29) is 18.3 Å². The fourth-order valence-electron chi connectivity index (χ4n) is 5.87. The van der Waals surface area contributed by atoms with Gasteiger partial charge in [-0.05, 0) is 82.3 Å². The van der Waals surface area contributed by atoms with Crippen molar-refractivity contribution in [2.24, 2.45) is 7.05 Å². The summed E-state index contributed by atoms with van der Waals surface area (Å²) in [5, 5.41) is 0.998. The third kappa shape index (κ3) is 7.35. The summed E-state index contributed by atoms with van der Waals surface area (Å²) in [6.45, 7) is 8.62. The van der Waals surface area contributed by atoms with E-state index in [1.165, 1.54) is 12.3 Å². The number of halogens is 1. The molecule has 0 aliphatic rings. The van der Waals surface area contributed by atoms with Crippen LogP contribution in [0.5, 0.6) is 5.75 Å². The molecule has 254 valence electrons. The number of aromatic nitrogens is 5. The van der Waals surface area contributed by atoms with E-state index in [0.29, 0.717) is 47.7 Å². The summed E-state index contributed by atoms with van der Waals surface area (Å²) in [5.41, 5.74) is 4.86. The summed E-state index contributed by atoms with van der Waals surface area (Å²) in [7, 11) is 3.51. The van der Waals surface area contributed by atoms with Gasteiger partial charge in [-0.15, -0.1) is 0 Å². The minimum atomic E-state index is -0.659. The number of benzene rings is 1. The summed E-state index contributed by atoms with van der Waals surface area (Å²) in [4.78, 5) is 39.7. The number of unbranched alkanes of at least 4 members (excludes halogenated alkanes) is 3. The smallest absolute Gasteiger partial charge is 0.343 e. The Morgan fingerprint density at radius 2 is 1.79 bits per heavy atom. The first-order valence-corrected chi connectivity index (χ1v) is 16.7. The first kappa shape index (κ1) is 34.5. The fraction of sp³-hybridized carbons (Fsp3) is 0.432. The van der Waals surface area contributed by atoms with Gasteiger partial charge in [-0.2, -0.15) is 0 Å². The summed E-state index contributed by atoms with van der Waals surface area (Å²) in [6.07, 6.45) is 6.34. The molecule has 1 aromatic carbocycles. The van der Waals surface area contributed by atoms with Gasteiger partial charge in [-0.3, -0.25) is 4.98 Å². The van der Waals surface area contributed by atoms with Crippen LogP contribution in [0.15, 0.2) is 42.6 Å². The number of carbonyl (C=O) groups is 2. The lowest BCUT2D eigenvalue weighted by molar-refractivity contribution is 0.0376. The number of imidazole rings is 1. The number of rotatable bonds is 15. The molecule has 0 saturated heterocycles.